The molecule has 6 heteroatoms. The van der Waals surface area contributed by atoms with Crippen molar-refractivity contribution in [2.24, 2.45) is 0 Å². The standard InChI is InChI=1S/C61H108O6/c1-4-7-10-13-16-19-22-24-26-28-30-32-34-36-39-42-45-48-51-54-60(63)66-57-58(56-65-59(62)53-50-47-44-41-38-21-18-15-12-9-6-3)67-61(64)55-52-49-46-43-40-37-35-33-31-29-27-25-23-20-17-14-11-8-5-2/h7,10,15-16,18-19,21,24,26,38,58H,4-6,8-9,11-14,17,20,22-23,25,27-37,39-57H2,1-3H3/b10-7-,18-15-,19-16-,26-24-,38-21-. The molecule has 0 aliphatic carbocycles. The highest BCUT2D eigenvalue weighted by Gasteiger charge is 2.19. The smallest absolute Gasteiger partial charge is 0.306 e. The fraction of sp³-hybridized carbons (Fsp3) is 0.787. The van der Waals surface area contributed by atoms with Gasteiger partial charge in [0.25, 0.3) is 0 Å². The minimum Gasteiger partial charge on any atom is -0.462 e. The zero-order chi connectivity index (χ0) is 48.6. The van der Waals surface area contributed by atoms with E-state index in [1.54, 1.807) is 0 Å². The van der Waals surface area contributed by atoms with Crippen molar-refractivity contribution in [3.63, 3.8) is 0 Å². The number of hydrogen-bond acceptors (Lipinski definition) is 6. The third kappa shape index (κ3) is 53.9. The molecular formula is C61H108O6. The predicted octanol–water partition coefficient (Wildman–Crippen LogP) is 19.2. The SMILES string of the molecule is CC/C=C\C/C=C\C/C=C\CCCCCCCCCCCC(=O)OCC(COC(=O)CCCCC/C=C\C=C/CCCC)OC(=O)CCCCCCCCCCCCCCCCCCCCC. The molecular weight excluding hydrogens is 829 g/mol. The quantitative estimate of drug-likeness (QED) is 0.0199. The lowest BCUT2D eigenvalue weighted by molar-refractivity contribution is -0.167. The molecule has 0 spiro atoms. The number of hydrogen-bond donors (Lipinski definition) is 0. The minimum absolute atomic E-state index is 0.0833. The van der Waals surface area contributed by atoms with Gasteiger partial charge < -0.3 is 14.2 Å². The van der Waals surface area contributed by atoms with Crippen molar-refractivity contribution < 1.29 is 28.6 Å². The molecule has 0 fully saturated rings. The van der Waals surface area contributed by atoms with E-state index in [1.807, 2.05) is 0 Å². The van der Waals surface area contributed by atoms with Gasteiger partial charge in [-0.05, 0) is 70.6 Å². The van der Waals surface area contributed by atoms with Gasteiger partial charge >= 0.3 is 17.9 Å². The molecule has 1 atom stereocenters. The third-order valence-electron chi connectivity index (χ3n) is 12.5. The Morgan fingerprint density at radius 2 is 0.642 bits per heavy atom. The first-order valence-corrected chi connectivity index (χ1v) is 28.8. The van der Waals surface area contributed by atoms with Crippen molar-refractivity contribution in [3.8, 4) is 0 Å². The van der Waals surface area contributed by atoms with Crippen LogP contribution in [-0.4, -0.2) is 37.2 Å². The molecule has 0 aliphatic rings. The normalized spacial score (nSPS) is 12.5. The summed E-state index contributed by atoms with van der Waals surface area (Å²) >= 11 is 0. The molecule has 0 heterocycles. The second-order valence-corrected chi connectivity index (χ2v) is 19.2. The van der Waals surface area contributed by atoms with Gasteiger partial charge in [0.2, 0.25) is 0 Å². The maximum atomic E-state index is 12.9. The van der Waals surface area contributed by atoms with Crippen LogP contribution in [0.5, 0.6) is 0 Å². The van der Waals surface area contributed by atoms with Crippen molar-refractivity contribution in [3.05, 3.63) is 60.8 Å². The van der Waals surface area contributed by atoms with Crippen LogP contribution >= 0.6 is 0 Å². The van der Waals surface area contributed by atoms with Crippen molar-refractivity contribution in [1.29, 1.82) is 0 Å². The Morgan fingerprint density at radius 3 is 1.06 bits per heavy atom. The van der Waals surface area contributed by atoms with Crippen LogP contribution in [0, 0.1) is 0 Å². The molecule has 1 unspecified atom stereocenters. The second kappa shape index (κ2) is 55.7. The number of esters is 3. The van der Waals surface area contributed by atoms with Gasteiger partial charge in [-0.2, -0.15) is 0 Å². The van der Waals surface area contributed by atoms with Crippen molar-refractivity contribution >= 4 is 17.9 Å². The highest BCUT2D eigenvalue weighted by atomic mass is 16.6. The van der Waals surface area contributed by atoms with Crippen LogP contribution in [0.15, 0.2) is 60.8 Å². The zero-order valence-electron chi connectivity index (χ0n) is 44.4. The van der Waals surface area contributed by atoms with E-state index in [0.29, 0.717) is 19.3 Å². The lowest BCUT2D eigenvalue weighted by Crippen LogP contribution is -2.30. The topological polar surface area (TPSA) is 78.9 Å². The van der Waals surface area contributed by atoms with Gasteiger partial charge in [0.1, 0.15) is 13.2 Å². The van der Waals surface area contributed by atoms with Crippen LogP contribution in [0.1, 0.15) is 290 Å². The van der Waals surface area contributed by atoms with E-state index in [9.17, 15) is 14.4 Å². The number of carbonyl (C=O) groups excluding carboxylic acids is 3. The predicted molar refractivity (Wildman–Crippen MR) is 288 cm³/mol. The Balaban J connectivity index is 4.32. The van der Waals surface area contributed by atoms with Crippen molar-refractivity contribution in [1.82, 2.24) is 0 Å². The highest BCUT2D eigenvalue weighted by molar-refractivity contribution is 5.71. The molecule has 0 amide bonds. The van der Waals surface area contributed by atoms with E-state index in [1.165, 1.54) is 161 Å². The number of unbranched alkanes of at least 4 members (excludes halogenated alkanes) is 32. The maximum absolute atomic E-state index is 12.9. The van der Waals surface area contributed by atoms with Gasteiger partial charge in [0.15, 0.2) is 6.10 Å². The number of ether oxygens (including phenoxy) is 3. The summed E-state index contributed by atoms with van der Waals surface area (Å²) in [5, 5.41) is 0. The first-order chi connectivity index (χ1) is 33.0. The molecule has 388 valence electrons. The van der Waals surface area contributed by atoms with Crippen LogP contribution in [0.4, 0.5) is 0 Å². The summed E-state index contributed by atoms with van der Waals surface area (Å²) in [6, 6.07) is 0. The number of rotatable bonds is 52. The van der Waals surface area contributed by atoms with Gasteiger partial charge in [0, 0.05) is 19.3 Å². The summed E-state index contributed by atoms with van der Waals surface area (Å²) in [5.41, 5.74) is 0. The van der Waals surface area contributed by atoms with Gasteiger partial charge in [-0.1, -0.05) is 261 Å². The molecule has 6 nitrogen and oxygen atoms in total. The number of allylic oxidation sites excluding steroid dienone is 10. The summed E-state index contributed by atoms with van der Waals surface area (Å²) in [4.78, 5) is 38.1. The average Bonchev–Trinajstić information content (AvgIpc) is 3.33. The maximum Gasteiger partial charge on any atom is 0.306 e. The molecule has 0 saturated heterocycles. The van der Waals surface area contributed by atoms with E-state index in [-0.39, 0.29) is 31.1 Å². The van der Waals surface area contributed by atoms with E-state index in [4.69, 9.17) is 14.2 Å². The Bertz CT molecular complexity index is 1210. The van der Waals surface area contributed by atoms with Crippen LogP contribution in [0.2, 0.25) is 0 Å². The van der Waals surface area contributed by atoms with Gasteiger partial charge in [0.05, 0.1) is 0 Å². The fourth-order valence-corrected chi connectivity index (χ4v) is 8.20. The first kappa shape index (κ1) is 64.1. The second-order valence-electron chi connectivity index (χ2n) is 19.2. The monoisotopic (exact) mass is 937 g/mol. The largest absolute Gasteiger partial charge is 0.462 e. The first-order valence-electron chi connectivity index (χ1n) is 28.8. The van der Waals surface area contributed by atoms with Crippen molar-refractivity contribution in [2.75, 3.05) is 13.2 Å². The fourth-order valence-electron chi connectivity index (χ4n) is 8.20. The molecule has 0 aliphatic heterocycles. The van der Waals surface area contributed by atoms with Crippen LogP contribution in [0.25, 0.3) is 0 Å². The van der Waals surface area contributed by atoms with Gasteiger partial charge in [-0.25, -0.2) is 0 Å². The van der Waals surface area contributed by atoms with E-state index >= 15 is 0 Å². The summed E-state index contributed by atoms with van der Waals surface area (Å²) < 4.78 is 16.8. The molecule has 0 N–H and O–H groups in total. The van der Waals surface area contributed by atoms with Crippen molar-refractivity contribution in [2.45, 2.75) is 297 Å². The van der Waals surface area contributed by atoms with Crippen LogP contribution in [0.3, 0.4) is 0 Å². The van der Waals surface area contributed by atoms with Crippen LogP contribution < -0.4 is 0 Å². The molecule has 0 bridgehead atoms. The molecule has 0 aromatic carbocycles. The molecule has 0 aromatic heterocycles. The Hall–Kier alpha value is -2.89. The third-order valence-corrected chi connectivity index (χ3v) is 12.5. The van der Waals surface area contributed by atoms with Gasteiger partial charge in [-0.3, -0.25) is 14.4 Å². The Labute approximate surface area is 415 Å². The van der Waals surface area contributed by atoms with Crippen LogP contribution in [-0.2, 0) is 28.6 Å². The lowest BCUT2D eigenvalue weighted by Gasteiger charge is -2.18. The minimum atomic E-state index is -0.785. The number of carbonyl (C=O) groups is 3. The van der Waals surface area contributed by atoms with E-state index in [0.717, 1.165) is 89.9 Å². The lowest BCUT2D eigenvalue weighted by atomic mass is 10.0. The Kier molecular flexibility index (Phi) is 53.3. The average molecular weight is 938 g/mol. The Morgan fingerprint density at radius 1 is 0.328 bits per heavy atom. The summed E-state index contributed by atoms with van der Waals surface area (Å²) in [5.74, 6) is -0.905. The summed E-state index contributed by atoms with van der Waals surface area (Å²) in [7, 11) is 0. The van der Waals surface area contributed by atoms with Gasteiger partial charge in [-0.15, -0.1) is 0 Å². The van der Waals surface area contributed by atoms with E-state index < -0.39 is 6.10 Å². The summed E-state index contributed by atoms with van der Waals surface area (Å²) in [6.07, 6.45) is 69.3. The molecule has 0 rings (SSSR count). The highest BCUT2D eigenvalue weighted by Crippen LogP contribution is 2.16. The molecule has 0 radical (unpaired) electrons. The van der Waals surface area contributed by atoms with E-state index in [2.05, 4.69) is 81.5 Å². The molecule has 0 saturated carbocycles. The molecule has 0 aromatic rings. The summed E-state index contributed by atoms with van der Waals surface area (Å²) in [6.45, 7) is 6.48. The zero-order valence-corrected chi connectivity index (χ0v) is 44.4. The molecule has 67 heavy (non-hydrogen) atoms.